The molecule has 0 saturated carbocycles. The van der Waals surface area contributed by atoms with Crippen LogP contribution in [0.5, 0.6) is 5.75 Å². The van der Waals surface area contributed by atoms with Gasteiger partial charge in [0, 0.05) is 36.5 Å². The minimum atomic E-state index is -0.00877. The number of ketones is 1. The van der Waals surface area contributed by atoms with Gasteiger partial charge in [0.1, 0.15) is 5.75 Å². The second-order valence-corrected chi connectivity index (χ2v) is 7.88. The molecule has 28 heavy (non-hydrogen) atoms. The summed E-state index contributed by atoms with van der Waals surface area (Å²) in [5.41, 5.74) is 0.642. The SMILES string of the molecule is CCCCCOc1ccc(C(=O)CCC(=O)NC2CC3CCC(C2)N3)cc1.Cl. The monoisotopic (exact) mass is 408 g/mol. The Morgan fingerprint density at radius 2 is 1.75 bits per heavy atom. The molecule has 1 amide bonds. The van der Waals surface area contributed by atoms with Crippen LogP contribution in [0, 0.1) is 0 Å². The van der Waals surface area contributed by atoms with E-state index < -0.39 is 0 Å². The highest BCUT2D eigenvalue weighted by Gasteiger charge is 2.33. The number of hydrogen-bond acceptors (Lipinski definition) is 4. The first-order valence-corrected chi connectivity index (χ1v) is 10.5. The van der Waals surface area contributed by atoms with Crippen molar-refractivity contribution in [1.82, 2.24) is 10.6 Å². The summed E-state index contributed by atoms with van der Waals surface area (Å²) < 4.78 is 5.67. The molecule has 0 radical (unpaired) electrons. The molecule has 5 nitrogen and oxygen atoms in total. The molecule has 1 aromatic rings. The maximum Gasteiger partial charge on any atom is 0.220 e. The highest BCUT2D eigenvalue weighted by Crippen LogP contribution is 2.26. The van der Waals surface area contributed by atoms with E-state index in [4.69, 9.17) is 4.74 Å². The number of piperidine rings is 1. The van der Waals surface area contributed by atoms with Crippen LogP contribution in [0.2, 0.25) is 0 Å². The fourth-order valence-corrected chi connectivity index (χ4v) is 4.13. The van der Waals surface area contributed by atoms with Gasteiger partial charge < -0.3 is 15.4 Å². The van der Waals surface area contributed by atoms with Gasteiger partial charge in [-0.1, -0.05) is 19.8 Å². The van der Waals surface area contributed by atoms with Gasteiger partial charge in [0.2, 0.25) is 5.91 Å². The molecular formula is C22H33ClN2O3. The summed E-state index contributed by atoms with van der Waals surface area (Å²) >= 11 is 0. The number of hydrogen-bond donors (Lipinski definition) is 2. The van der Waals surface area contributed by atoms with Crippen LogP contribution in [0.15, 0.2) is 24.3 Å². The molecular weight excluding hydrogens is 376 g/mol. The fraction of sp³-hybridized carbons (Fsp3) is 0.636. The van der Waals surface area contributed by atoms with Gasteiger partial charge in [0.15, 0.2) is 5.78 Å². The number of unbranched alkanes of at least 4 members (excludes halogenated alkanes) is 2. The van der Waals surface area contributed by atoms with Gasteiger partial charge >= 0.3 is 0 Å². The second-order valence-electron chi connectivity index (χ2n) is 7.88. The molecule has 2 atom stereocenters. The first-order chi connectivity index (χ1) is 13.1. The van der Waals surface area contributed by atoms with E-state index in [-0.39, 0.29) is 43.0 Å². The molecule has 2 N–H and O–H groups in total. The number of amides is 1. The summed E-state index contributed by atoms with van der Waals surface area (Å²) in [7, 11) is 0. The highest BCUT2D eigenvalue weighted by atomic mass is 35.5. The van der Waals surface area contributed by atoms with Crippen molar-refractivity contribution in [2.75, 3.05) is 6.61 Å². The van der Waals surface area contributed by atoms with Gasteiger partial charge in [0.25, 0.3) is 0 Å². The minimum Gasteiger partial charge on any atom is -0.494 e. The third kappa shape index (κ3) is 6.78. The van der Waals surface area contributed by atoms with Crippen molar-refractivity contribution >= 4 is 24.1 Å². The largest absolute Gasteiger partial charge is 0.494 e. The van der Waals surface area contributed by atoms with Crippen LogP contribution in [0.4, 0.5) is 0 Å². The van der Waals surface area contributed by atoms with Crippen molar-refractivity contribution in [3.63, 3.8) is 0 Å². The second kappa shape index (κ2) is 11.4. The summed E-state index contributed by atoms with van der Waals surface area (Å²) in [5.74, 6) is 0.791. The lowest BCUT2D eigenvalue weighted by Gasteiger charge is -2.29. The predicted octanol–water partition coefficient (Wildman–Crippen LogP) is 4.04. The van der Waals surface area contributed by atoms with Crippen molar-refractivity contribution in [3.05, 3.63) is 29.8 Å². The van der Waals surface area contributed by atoms with Crippen LogP contribution in [-0.2, 0) is 4.79 Å². The number of halogens is 1. The zero-order valence-corrected chi connectivity index (χ0v) is 17.6. The van der Waals surface area contributed by atoms with E-state index >= 15 is 0 Å². The molecule has 0 aromatic heterocycles. The molecule has 2 heterocycles. The highest BCUT2D eigenvalue weighted by molar-refractivity contribution is 5.98. The third-order valence-corrected chi connectivity index (χ3v) is 5.61. The number of rotatable bonds is 10. The molecule has 3 rings (SSSR count). The van der Waals surface area contributed by atoms with E-state index in [1.165, 1.54) is 19.3 Å². The summed E-state index contributed by atoms with van der Waals surface area (Å²) in [6.07, 6.45) is 8.34. The van der Waals surface area contributed by atoms with Gasteiger partial charge in [-0.3, -0.25) is 9.59 Å². The van der Waals surface area contributed by atoms with Crippen molar-refractivity contribution in [3.8, 4) is 5.75 Å². The van der Waals surface area contributed by atoms with Crippen LogP contribution in [0.3, 0.4) is 0 Å². The van der Waals surface area contributed by atoms with Crippen LogP contribution in [0.1, 0.15) is 75.1 Å². The van der Waals surface area contributed by atoms with Gasteiger partial charge in [0.05, 0.1) is 6.61 Å². The number of nitrogens with one attached hydrogen (secondary N) is 2. The Balaban J connectivity index is 0.00000280. The Hall–Kier alpha value is -1.59. The zero-order valence-electron chi connectivity index (χ0n) is 16.7. The zero-order chi connectivity index (χ0) is 19.1. The number of benzene rings is 1. The summed E-state index contributed by atoms with van der Waals surface area (Å²) in [5, 5.41) is 6.69. The number of Topliss-reactive ketones (excluding diaryl/α,β-unsaturated/α-hetero) is 1. The van der Waals surface area contributed by atoms with Gasteiger partial charge in [-0.05, 0) is 56.4 Å². The Morgan fingerprint density at radius 1 is 1.07 bits per heavy atom. The number of fused-ring (bicyclic) bond motifs is 2. The lowest BCUT2D eigenvalue weighted by Crippen LogP contribution is -2.48. The molecule has 156 valence electrons. The number of carbonyl (C=O) groups is 2. The summed E-state index contributed by atoms with van der Waals surface area (Å²) in [6, 6.07) is 8.63. The minimum absolute atomic E-state index is 0. The smallest absolute Gasteiger partial charge is 0.220 e. The van der Waals surface area contributed by atoms with Crippen molar-refractivity contribution in [2.45, 2.75) is 82.8 Å². The van der Waals surface area contributed by atoms with E-state index in [9.17, 15) is 9.59 Å². The van der Waals surface area contributed by atoms with E-state index in [0.717, 1.165) is 31.4 Å². The molecule has 0 aliphatic carbocycles. The maximum atomic E-state index is 12.3. The van der Waals surface area contributed by atoms with Crippen LogP contribution >= 0.6 is 12.4 Å². The standard InChI is InChI=1S/C22H32N2O3.ClH/c1-2-3-4-13-27-20-9-5-16(6-10-20)21(25)11-12-22(26)24-19-14-17-7-8-18(15-19)23-17;/h5-6,9-10,17-19,23H,2-4,7-8,11-15H2,1H3,(H,24,26);1H. The fourth-order valence-electron chi connectivity index (χ4n) is 4.13. The average Bonchev–Trinajstić information content (AvgIpc) is 3.02. The van der Waals surface area contributed by atoms with E-state index in [2.05, 4.69) is 17.6 Å². The molecule has 6 heteroatoms. The quantitative estimate of drug-likeness (QED) is 0.453. The van der Waals surface area contributed by atoms with Gasteiger partial charge in [-0.25, -0.2) is 0 Å². The molecule has 1 aromatic carbocycles. The first-order valence-electron chi connectivity index (χ1n) is 10.5. The molecule has 2 bridgehead atoms. The molecule has 2 aliphatic heterocycles. The lowest BCUT2D eigenvalue weighted by molar-refractivity contribution is -0.122. The lowest BCUT2D eigenvalue weighted by atomic mass is 9.99. The maximum absolute atomic E-state index is 12.3. The average molecular weight is 409 g/mol. The van der Waals surface area contributed by atoms with Crippen molar-refractivity contribution < 1.29 is 14.3 Å². The van der Waals surface area contributed by atoms with Crippen molar-refractivity contribution in [2.24, 2.45) is 0 Å². The molecule has 2 fully saturated rings. The van der Waals surface area contributed by atoms with Crippen LogP contribution < -0.4 is 15.4 Å². The Morgan fingerprint density at radius 3 is 2.39 bits per heavy atom. The van der Waals surface area contributed by atoms with Gasteiger partial charge in [-0.2, -0.15) is 0 Å². The Labute approximate surface area is 174 Å². The number of ether oxygens (including phenoxy) is 1. The van der Waals surface area contributed by atoms with Crippen LogP contribution in [0.25, 0.3) is 0 Å². The summed E-state index contributed by atoms with van der Waals surface area (Å²) in [6.45, 7) is 2.87. The predicted molar refractivity (Wildman–Crippen MR) is 113 cm³/mol. The Bertz CT molecular complexity index is 623. The normalized spacial score (nSPS) is 23.0. The topological polar surface area (TPSA) is 67.4 Å². The van der Waals surface area contributed by atoms with Crippen LogP contribution in [-0.4, -0.2) is 36.4 Å². The van der Waals surface area contributed by atoms with E-state index in [0.29, 0.717) is 24.3 Å². The summed E-state index contributed by atoms with van der Waals surface area (Å²) in [4.78, 5) is 24.5. The third-order valence-electron chi connectivity index (χ3n) is 5.61. The Kier molecular flexibility index (Phi) is 9.26. The number of carbonyl (C=O) groups excluding carboxylic acids is 2. The molecule has 2 saturated heterocycles. The van der Waals surface area contributed by atoms with Crippen molar-refractivity contribution in [1.29, 1.82) is 0 Å². The molecule has 2 unspecified atom stereocenters. The van der Waals surface area contributed by atoms with E-state index in [1.807, 2.05) is 12.1 Å². The molecule has 0 spiro atoms. The van der Waals surface area contributed by atoms with E-state index in [1.54, 1.807) is 12.1 Å². The van der Waals surface area contributed by atoms with Gasteiger partial charge in [-0.15, -0.1) is 12.4 Å². The first kappa shape index (κ1) is 22.7. The molecule has 2 aliphatic rings.